The lowest BCUT2D eigenvalue weighted by atomic mass is 9.80. The average molecular weight is 578 g/mol. The summed E-state index contributed by atoms with van der Waals surface area (Å²) in [6.07, 6.45) is 0.882. The van der Waals surface area contributed by atoms with E-state index >= 15 is 0 Å². The van der Waals surface area contributed by atoms with Gasteiger partial charge in [-0.15, -0.1) is 0 Å². The maximum absolute atomic E-state index is 14.9. The van der Waals surface area contributed by atoms with Gasteiger partial charge >= 0.3 is 5.97 Å². The van der Waals surface area contributed by atoms with Gasteiger partial charge in [-0.1, -0.05) is 25.1 Å². The van der Waals surface area contributed by atoms with E-state index in [9.17, 15) is 23.8 Å². The fraction of sp³-hybridized carbons (Fsp3) is 0.258. The zero-order valence-electron chi connectivity index (χ0n) is 23.7. The van der Waals surface area contributed by atoms with Gasteiger partial charge in [-0.3, -0.25) is 0 Å². The number of hydrogen-bond donors (Lipinski definition) is 2. The van der Waals surface area contributed by atoms with Crippen LogP contribution in [0.2, 0.25) is 0 Å². The second kappa shape index (κ2) is 10.8. The third-order valence-corrected chi connectivity index (χ3v) is 7.30. The number of aryl methyl sites for hydroxylation is 2. The van der Waals surface area contributed by atoms with E-state index in [2.05, 4.69) is 10.1 Å². The number of aromatic hydroxyl groups is 1. The second-order valence-corrected chi connectivity index (χ2v) is 10.5. The fourth-order valence-electron chi connectivity index (χ4n) is 5.34. The first-order valence-electron chi connectivity index (χ1n) is 13.1. The Kier molecular flexibility index (Phi) is 7.36. The van der Waals surface area contributed by atoms with E-state index in [1.807, 2.05) is 13.8 Å². The topological polar surface area (TPSA) is 120 Å². The molecule has 42 heavy (non-hydrogen) atoms. The molecule has 0 amide bonds. The number of carboxylic acids is 1. The molecule has 0 radical (unpaired) electrons. The van der Waals surface area contributed by atoms with Crippen LogP contribution in [0, 0.1) is 18.6 Å². The van der Waals surface area contributed by atoms with Gasteiger partial charge < -0.3 is 28.8 Å². The van der Waals surface area contributed by atoms with Gasteiger partial charge in [-0.25, -0.2) is 13.6 Å². The van der Waals surface area contributed by atoms with Gasteiger partial charge in [0.25, 0.3) is 0 Å². The molecule has 0 fully saturated rings. The summed E-state index contributed by atoms with van der Waals surface area (Å²) in [4.78, 5) is 16.1. The number of fused-ring (bicyclic) bond motifs is 1. The van der Waals surface area contributed by atoms with Crippen LogP contribution in [0.4, 0.5) is 8.78 Å². The third-order valence-electron chi connectivity index (χ3n) is 7.30. The molecule has 2 aromatic heterocycles. The molecule has 0 spiro atoms. The van der Waals surface area contributed by atoms with Crippen LogP contribution in [-0.4, -0.2) is 45.1 Å². The van der Waals surface area contributed by atoms with Crippen LogP contribution in [0.1, 0.15) is 48.0 Å². The molecule has 5 aromatic rings. The van der Waals surface area contributed by atoms with Crippen molar-refractivity contribution in [2.45, 2.75) is 39.0 Å². The monoisotopic (exact) mass is 577 g/mol. The van der Waals surface area contributed by atoms with Crippen molar-refractivity contribution in [3.63, 3.8) is 0 Å². The summed E-state index contributed by atoms with van der Waals surface area (Å²) >= 11 is 0. The lowest BCUT2D eigenvalue weighted by molar-refractivity contribution is 0.0693. The Hall–Kier alpha value is -4.93. The zero-order valence-corrected chi connectivity index (χ0v) is 23.7. The Morgan fingerprint density at radius 3 is 2.43 bits per heavy atom. The van der Waals surface area contributed by atoms with Crippen molar-refractivity contribution in [1.82, 2.24) is 14.7 Å². The minimum absolute atomic E-state index is 0.0194. The highest BCUT2D eigenvalue weighted by Crippen LogP contribution is 2.48. The lowest BCUT2D eigenvalue weighted by Gasteiger charge is -2.29. The van der Waals surface area contributed by atoms with Gasteiger partial charge in [0.1, 0.15) is 22.9 Å². The van der Waals surface area contributed by atoms with Crippen LogP contribution in [0.5, 0.6) is 17.2 Å². The molecule has 0 unspecified atom stereocenters. The molecule has 0 saturated carbocycles. The van der Waals surface area contributed by atoms with Crippen molar-refractivity contribution in [3.05, 3.63) is 83.1 Å². The molecule has 0 bridgehead atoms. The molecule has 0 aliphatic rings. The van der Waals surface area contributed by atoms with Crippen molar-refractivity contribution < 1.29 is 37.8 Å². The number of nitrogens with zero attached hydrogens (tertiary/aromatic N) is 3. The third kappa shape index (κ3) is 5.02. The van der Waals surface area contributed by atoms with Crippen molar-refractivity contribution >= 4 is 16.9 Å². The van der Waals surface area contributed by atoms with Crippen molar-refractivity contribution in [1.29, 1.82) is 0 Å². The number of benzene rings is 3. The molecule has 0 atom stereocenters. The first-order chi connectivity index (χ1) is 19.9. The average Bonchev–Trinajstić information content (AvgIpc) is 3.53. The van der Waals surface area contributed by atoms with Crippen molar-refractivity contribution in [2.24, 2.45) is 0 Å². The maximum Gasteiger partial charge on any atom is 0.339 e. The van der Waals surface area contributed by atoms with Crippen LogP contribution >= 0.6 is 0 Å². The minimum atomic E-state index is -1.17. The predicted octanol–water partition coefficient (Wildman–Crippen LogP) is 6.60. The van der Waals surface area contributed by atoms with Gasteiger partial charge in [-0.2, -0.15) is 4.98 Å². The summed E-state index contributed by atoms with van der Waals surface area (Å²) in [6, 6.07) is 11.2. The van der Waals surface area contributed by atoms with E-state index in [1.54, 1.807) is 23.6 Å². The fourth-order valence-corrected chi connectivity index (χ4v) is 5.34. The molecular weight excluding hydrogens is 548 g/mol. The number of phenolic OH excluding ortho intramolecular Hbond substituents is 1. The number of methoxy groups -OCH3 is 2. The van der Waals surface area contributed by atoms with E-state index in [0.717, 1.165) is 6.07 Å². The molecule has 0 aliphatic heterocycles. The highest BCUT2D eigenvalue weighted by Gasteiger charge is 2.34. The molecule has 0 aliphatic carbocycles. The van der Waals surface area contributed by atoms with Crippen LogP contribution in [0.3, 0.4) is 0 Å². The first kappa shape index (κ1) is 28.6. The Morgan fingerprint density at radius 2 is 1.79 bits per heavy atom. The zero-order chi connectivity index (χ0) is 30.3. The Morgan fingerprint density at radius 1 is 1.05 bits per heavy atom. The lowest BCUT2D eigenvalue weighted by Crippen LogP contribution is -2.23. The summed E-state index contributed by atoms with van der Waals surface area (Å²) in [5, 5.41) is 25.0. The van der Waals surface area contributed by atoms with Gasteiger partial charge in [0, 0.05) is 40.9 Å². The number of aromatic nitrogens is 3. The molecule has 2 N–H and O–H groups in total. The van der Waals surface area contributed by atoms with E-state index in [1.165, 1.54) is 44.6 Å². The van der Waals surface area contributed by atoms with E-state index < -0.39 is 23.0 Å². The molecule has 11 heteroatoms. The van der Waals surface area contributed by atoms with Crippen molar-refractivity contribution in [2.75, 3.05) is 14.2 Å². The highest BCUT2D eigenvalue weighted by atomic mass is 19.1. The van der Waals surface area contributed by atoms with Gasteiger partial charge in [0.05, 0.1) is 25.1 Å². The second-order valence-electron chi connectivity index (χ2n) is 10.5. The number of rotatable bonds is 9. The molecule has 3 aromatic carbocycles. The summed E-state index contributed by atoms with van der Waals surface area (Å²) in [6.45, 7) is 5.67. The smallest absolute Gasteiger partial charge is 0.339 e. The highest BCUT2D eigenvalue weighted by molar-refractivity contribution is 6.04. The molecule has 0 saturated heterocycles. The molecule has 9 nitrogen and oxygen atoms in total. The standard InChI is InChI=1S/C31H29F2N3O6/c1-16-34-26(42-35-16)10-11-31(2,3)29-27(17-6-8-20(30(38)39)24(12-17)40-4)28-22(13-18(32)14-23(28)37)36(29)19-7-9-21(33)25(15-19)41-5/h6-9,12-15,37H,10-11H2,1-5H3,(H,38,39). The number of phenols is 1. The van der Waals surface area contributed by atoms with Gasteiger partial charge in [-0.05, 0) is 49.2 Å². The molecular formula is C31H29F2N3O6. The van der Waals surface area contributed by atoms with E-state index in [4.69, 9.17) is 14.0 Å². The quantitative estimate of drug-likeness (QED) is 0.201. The largest absolute Gasteiger partial charge is 0.507 e. The molecule has 218 valence electrons. The number of hydrogen-bond acceptors (Lipinski definition) is 7. The number of carbonyl (C=O) groups is 1. The Bertz CT molecular complexity index is 1830. The van der Waals surface area contributed by atoms with Gasteiger partial charge in [0.15, 0.2) is 17.4 Å². The SMILES string of the molecule is COc1cc(-n2c(C(C)(C)CCc3nc(C)no3)c(-c3ccc(C(=O)O)c(OC)c3)c3c(O)cc(F)cc32)ccc1F. The summed E-state index contributed by atoms with van der Waals surface area (Å²) in [5.41, 5.74) is 1.68. The van der Waals surface area contributed by atoms with Crippen molar-refractivity contribution in [3.8, 4) is 34.1 Å². The number of carboxylic acid groups (broad SMARTS) is 1. The normalized spacial score (nSPS) is 11.7. The number of halogens is 2. The summed E-state index contributed by atoms with van der Waals surface area (Å²) < 4.78 is 47.2. The maximum atomic E-state index is 14.9. The van der Waals surface area contributed by atoms with Crippen LogP contribution < -0.4 is 9.47 Å². The Balaban J connectivity index is 1.88. The predicted molar refractivity (Wildman–Crippen MR) is 151 cm³/mol. The van der Waals surface area contributed by atoms with Crippen LogP contribution in [0.25, 0.3) is 27.7 Å². The number of aromatic carboxylic acids is 1. The summed E-state index contributed by atoms with van der Waals surface area (Å²) in [5.74, 6) is -1.71. The minimum Gasteiger partial charge on any atom is -0.507 e. The van der Waals surface area contributed by atoms with Gasteiger partial charge in [0.2, 0.25) is 5.89 Å². The van der Waals surface area contributed by atoms with E-state index in [0.29, 0.717) is 58.0 Å². The van der Waals surface area contributed by atoms with Crippen LogP contribution in [0.15, 0.2) is 53.1 Å². The Labute approximate surface area is 239 Å². The van der Waals surface area contributed by atoms with E-state index in [-0.39, 0.29) is 22.8 Å². The van der Waals surface area contributed by atoms with Crippen LogP contribution in [-0.2, 0) is 11.8 Å². The first-order valence-corrected chi connectivity index (χ1v) is 13.1. The molecule has 5 rings (SSSR count). The number of ether oxygens (including phenoxy) is 2. The molecule has 2 heterocycles. The summed E-state index contributed by atoms with van der Waals surface area (Å²) in [7, 11) is 2.71.